The maximum absolute atomic E-state index is 4.85. The summed E-state index contributed by atoms with van der Waals surface area (Å²) in [5.41, 5.74) is 0. The normalized spacial score (nSPS) is 14.1. The molecule has 0 bridgehead atoms. The Balaban J connectivity index is 4.87. The molecule has 0 aromatic rings. The summed E-state index contributed by atoms with van der Waals surface area (Å²) in [6.45, 7) is 12.5. The fourth-order valence-corrected chi connectivity index (χ4v) is 3.30. The molecular formula is C22H47N3. The number of unbranched alkanes of at least 4 members (excludes halogenated alkanes) is 5. The van der Waals surface area contributed by atoms with E-state index in [2.05, 4.69) is 39.6 Å². The molecule has 0 aliphatic heterocycles. The summed E-state index contributed by atoms with van der Waals surface area (Å²) < 4.78 is 0. The van der Waals surface area contributed by atoms with Crippen molar-refractivity contribution in [3.8, 4) is 0 Å². The van der Waals surface area contributed by atoms with Crippen LogP contribution in [0.1, 0.15) is 125 Å². The zero-order chi connectivity index (χ0) is 18.8. The summed E-state index contributed by atoms with van der Waals surface area (Å²) in [6, 6.07) is 1.02. The summed E-state index contributed by atoms with van der Waals surface area (Å²) in [7, 11) is 0. The van der Waals surface area contributed by atoms with Crippen molar-refractivity contribution in [2.24, 2.45) is 10.3 Å². The molecule has 25 heavy (non-hydrogen) atoms. The van der Waals surface area contributed by atoms with Gasteiger partial charge in [-0.05, 0) is 32.1 Å². The van der Waals surface area contributed by atoms with E-state index >= 15 is 0 Å². The van der Waals surface area contributed by atoms with Crippen LogP contribution in [0.3, 0.4) is 0 Å². The summed E-state index contributed by atoms with van der Waals surface area (Å²) >= 11 is 0. The second kappa shape index (κ2) is 18.2. The third kappa shape index (κ3) is 13.3. The molecule has 0 aromatic carbocycles. The van der Waals surface area contributed by atoms with E-state index in [1.165, 1.54) is 89.9 Å². The molecule has 0 fully saturated rings. The van der Waals surface area contributed by atoms with Gasteiger partial charge in [-0.1, -0.05) is 97.6 Å². The highest BCUT2D eigenvalue weighted by atomic mass is 15.6. The van der Waals surface area contributed by atoms with Crippen molar-refractivity contribution in [3.63, 3.8) is 0 Å². The number of nitrogens with zero attached hydrogens (tertiary/aromatic N) is 3. The molecule has 0 saturated heterocycles. The van der Waals surface area contributed by atoms with Gasteiger partial charge in [0.05, 0.1) is 6.04 Å². The minimum atomic E-state index is 0.434. The van der Waals surface area contributed by atoms with Gasteiger partial charge in [-0.15, -0.1) is 0 Å². The van der Waals surface area contributed by atoms with E-state index in [-0.39, 0.29) is 0 Å². The monoisotopic (exact) mass is 353 g/mol. The van der Waals surface area contributed by atoms with Gasteiger partial charge in [-0.2, -0.15) is 5.11 Å². The van der Waals surface area contributed by atoms with Crippen LogP contribution in [0, 0.1) is 0 Å². The molecule has 3 nitrogen and oxygen atoms in total. The second-order valence-electron chi connectivity index (χ2n) is 7.60. The van der Waals surface area contributed by atoms with Crippen LogP contribution in [0.2, 0.25) is 0 Å². The second-order valence-corrected chi connectivity index (χ2v) is 7.60. The molecule has 0 N–H and O–H groups in total. The standard InChI is InChI=1S/C22H47N3/c1-6-11-15-18-21(17-12-7-2)23-24-25(20-14-9-4)22(16-10-5)19-13-8-3/h21-22H,6-20H2,1-5H3. The molecule has 0 amide bonds. The first kappa shape index (κ1) is 24.4. The number of rotatable bonds is 18. The first-order chi connectivity index (χ1) is 12.2. The van der Waals surface area contributed by atoms with Crippen molar-refractivity contribution in [2.75, 3.05) is 6.54 Å². The Hall–Kier alpha value is -0.600. The maximum Gasteiger partial charge on any atom is 0.0729 e. The van der Waals surface area contributed by atoms with Crippen LogP contribution in [-0.4, -0.2) is 23.6 Å². The highest BCUT2D eigenvalue weighted by Crippen LogP contribution is 2.19. The third-order valence-electron chi connectivity index (χ3n) is 5.04. The van der Waals surface area contributed by atoms with Gasteiger partial charge in [-0.25, -0.2) is 0 Å². The number of hydrogen-bond acceptors (Lipinski definition) is 2. The molecule has 2 unspecified atom stereocenters. The molecule has 2 atom stereocenters. The van der Waals surface area contributed by atoms with Gasteiger partial charge >= 0.3 is 0 Å². The Kier molecular flexibility index (Phi) is 17.8. The Bertz CT molecular complexity index is 291. The lowest BCUT2D eigenvalue weighted by Crippen LogP contribution is -2.31. The first-order valence-corrected chi connectivity index (χ1v) is 11.4. The molecule has 3 heteroatoms. The molecule has 0 spiro atoms. The Morgan fingerprint density at radius 3 is 1.80 bits per heavy atom. The van der Waals surface area contributed by atoms with Crippen molar-refractivity contribution in [2.45, 2.75) is 137 Å². The largest absolute Gasteiger partial charge is 0.276 e. The predicted octanol–water partition coefficient (Wildman–Crippen LogP) is 7.95. The van der Waals surface area contributed by atoms with E-state index in [4.69, 9.17) is 10.3 Å². The van der Waals surface area contributed by atoms with Crippen LogP contribution >= 0.6 is 0 Å². The van der Waals surface area contributed by atoms with E-state index < -0.39 is 0 Å². The highest BCUT2D eigenvalue weighted by molar-refractivity contribution is 4.70. The Morgan fingerprint density at radius 1 is 0.600 bits per heavy atom. The average Bonchev–Trinajstić information content (AvgIpc) is 2.63. The molecule has 0 heterocycles. The van der Waals surface area contributed by atoms with Gasteiger partial charge in [0.2, 0.25) is 0 Å². The van der Waals surface area contributed by atoms with E-state index in [1.807, 2.05) is 0 Å². The summed E-state index contributed by atoms with van der Waals surface area (Å²) in [5, 5.41) is 12.0. The zero-order valence-electron chi connectivity index (χ0n) is 18.1. The van der Waals surface area contributed by atoms with E-state index in [0.29, 0.717) is 12.1 Å². The van der Waals surface area contributed by atoms with E-state index in [9.17, 15) is 0 Å². The number of hydrogen-bond donors (Lipinski definition) is 0. The lowest BCUT2D eigenvalue weighted by atomic mass is 10.0. The van der Waals surface area contributed by atoms with Gasteiger partial charge < -0.3 is 0 Å². The zero-order valence-corrected chi connectivity index (χ0v) is 18.1. The van der Waals surface area contributed by atoms with Gasteiger partial charge in [-0.3, -0.25) is 5.01 Å². The van der Waals surface area contributed by atoms with Gasteiger partial charge in [0.25, 0.3) is 0 Å². The van der Waals surface area contributed by atoms with Crippen molar-refractivity contribution in [3.05, 3.63) is 0 Å². The van der Waals surface area contributed by atoms with E-state index in [0.717, 1.165) is 6.54 Å². The third-order valence-corrected chi connectivity index (χ3v) is 5.04. The van der Waals surface area contributed by atoms with Crippen molar-refractivity contribution < 1.29 is 0 Å². The van der Waals surface area contributed by atoms with Crippen LogP contribution in [-0.2, 0) is 0 Å². The van der Waals surface area contributed by atoms with Crippen LogP contribution in [0.25, 0.3) is 0 Å². The van der Waals surface area contributed by atoms with E-state index in [1.54, 1.807) is 0 Å². The van der Waals surface area contributed by atoms with Crippen LogP contribution < -0.4 is 0 Å². The topological polar surface area (TPSA) is 28.0 Å². The fourth-order valence-electron chi connectivity index (χ4n) is 3.30. The minimum absolute atomic E-state index is 0.434. The fraction of sp³-hybridized carbons (Fsp3) is 1.00. The van der Waals surface area contributed by atoms with Gasteiger partial charge in [0.1, 0.15) is 0 Å². The van der Waals surface area contributed by atoms with Crippen molar-refractivity contribution in [1.29, 1.82) is 0 Å². The van der Waals surface area contributed by atoms with Crippen molar-refractivity contribution >= 4 is 0 Å². The molecule has 0 radical (unpaired) electrons. The minimum Gasteiger partial charge on any atom is -0.276 e. The molecule has 0 aliphatic carbocycles. The summed E-state index contributed by atoms with van der Waals surface area (Å²) in [6.07, 6.45) is 17.7. The highest BCUT2D eigenvalue weighted by Gasteiger charge is 2.16. The summed E-state index contributed by atoms with van der Waals surface area (Å²) in [4.78, 5) is 0. The smallest absolute Gasteiger partial charge is 0.0729 e. The van der Waals surface area contributed by atoms with Crippen LogP contribution in [0.5, 0.6) is 0 Å². The Morgan fingerprint density at radius 2 is 1.20 bits per heavy atom. The molecule has 0 rings (SSSR count). The Labute approximate surface area is 159 Å². The molecule has 0 aromatic heterocycles. The lowest BCUT2D eigenvalue weighted by molar-refractivity contribution is 0.159. The van der Waals surface area contributed by atoms with Crippen molar-refractivity contribution in [1.82, 2.24) is 5.01 Å². The quantitative estimate of drug-likeness (QED) is 0.139. The van der Waals surface area contributed by atoms with Crippen LogP contribution in [0.4, 0.5) is 0 Å². The first-order valence-electron chi connectivity index (χ1n) is 11.4. The average molecular weight is 354 g/mol. The molecule has 150 valence electrons. The maximum atomic E-state index is 4.85. The summed E-state index contributed by atoms with van der Waals surface area (Å²) in [5.74, 6) is 0. The molecule has 0 saturated carbocycles. The molecule has 0 aliphatic rings. The predicted molar refractivity (Wildman–Crippen MR) is 112 cm³/mol. The van der Waals surface area contributed by atoms with Gasteiger partial charge in [0, 0.05) is 12.6 Å². The molecular weight excluding hydrogens is 306 g/mol. The van der Waals surface area contributed by atoms with Gasteiger partial charge in [0.15, 0.2) is 0 Å². The lowest BCUT2D eigenvalue weighted by Gasteiger charge is -2.28. The van der Waals surface area contributed by atoms with Crippen LogP contribution in [0.15, 0.2) is 10.3 Å². The SMILES string of the molecule is CCCCCC(CCCC)N=NN(CCCC)C(CCC)CCCC.